The summed E-state index contributed by atoms with van der Waals surface area (Å²) in [7, 11) is 0. The van der Waals surface area contributed by atoms with Crippen molar-refractivity contribution in [2.45, 2.75) is 39.4 Å². The highest BCUT2D eigenvalue weighted by Crippen LogP contribution is 2.48. The van der Waals surface area contributed by atoms with Crippen LogP contribution in [0.1, 0.15) is 38.3 Å². The second-order valence-corrected chi connectivity index (χ2v) is 6.90. The molecule has 1 aliphatic carbocycles. The monoisotopic (exact) mass is 370 g/mol. The molecule has 2 rings (SSSR count). The van der Waals surface area contributed by atoms with E-state index in [0.29, 0.717) is 35.5 Å². The molecule has 0 saturated heterocycles. The first-order chi connectivity index (χ1) is 11.6. The number of aldehydes is 1. The third-order valence-corrected chi connectivity index (χ3v) is 5.44. The van der Waals surface area contributed by atoms with Crippen molar-refractivity contribution in [3.05, 3.63) is 39.9 Å². The van der Waals surface area contributed by atoms with Crippen LogP contribution in [0.5, 0.6) is 0 Å². The zero-order valence-electron chi connectivity index (χ0n) is 14.1. The maximum absolute atomic E-state index is 13.2. The molecule has 0 heterocycles. The first-order valence-electron chi connectivity index (χ1n) is 7.80. The summed E-state index contributed by atoms with van der Waals surface area (Å²) >= 11 is 6.30. The van der Waals surface area contributed by atoms with Gasteiger partial charge in [0.15, 0.2) is 0 Å². The second kappa shape index (κ2) is 6.72. The third-order valence-electron chi connectivity index (χ3n) is 4.71. The van der Waals surface area contributed by atoms with Crippen LogP contribution in [0.2, 0.25) is 0 Å². The van der Waals surface area contributed by atoms with Crippen LogP contribution in [0.25, 0.3) is 0 Å². The lowest BCUT2D eigenvalue weighted by Gasteiger charge is -2.39. The molecule has 1 aromatic carbocycles. The van der Waals surface area contributed by atoms with Crippen molar-refractivity contribution in [1.82, 2.24) is 0 Å². The van der Waals surface area contributed by atoms with Gasteiger partial charge in [0.05, 0.1) is 17.2 Å². The molecular weight excluding hydrogens is 353 g/mol. The molecule has 3 nitrogen and oxygen atoms in total. The maximum Gasteiger partial charge on any atom is 0.417 e. The number of carbonyl (C=O) groups excluding carboxylic acids is 1. The van der Waals surface area contributed by atoms with Gasteiger partial charge in [-0.3, -0.25) is 4.79 Å². The molecule has 134 valence electrons. The molecule has 0 spiro atoms. The molecule has 0 radical (unpaired) electrons. The molecule has 0 aromatic heterocycles. The van der Waals surface area contributed by atoms with E-state index in [1.807, 2.05) is 20.8 Å². The summed E-state index contributed by atoms with van der Waals surface area (Å²) in [5.74, 6) is 0. The number of nitriles is 1. The number of nitrogens with zero attached hydrogens (tertiary/aromatic N) is 2. The minimum absolute atomic E-state index is 0.251. The molecule has 25 heavy (non-hydrogen) atoms. The van der Waals surface area contributed by atoms with Crippen LogP contribution in [-0.4, -0.2) is 18.9 Å². The molecule has 1 aromatic rings. The topological polar surface area (TPSA) is 44.1 Å². The number of alkyl halides is 3. The molecule has 0 N–H and O–H groups in total. The summed E-state index contributed by atoms with van der Waals surface area (Å²) in [6, 6.07) is 5.00. The van der Waals surface area contributed by atoms with Crippen molar-refractivity contribution in [1.29, 1.82) is 5.26 Å². The third kappa shape index (κ3) is 3.38. The van der Waals surface area contributed by atoms with Crippen molar-refractivity contribution in [2.75, 3.05) is 11.4 Å². The Bertz CT molecular complexity index is 763. The van der Waals surface area contributed by atoms with E-state index < -0.39 is 22.7 Å². The first-order valence-corrected chi connectivity index (χ1v) is 8.18. The normalized spacial score (nSPS) is 19.7. The predicted octanol–water partition coefficient (Wildman–Crippen LogP) is 4.89. The van der Waals surface area contributed by atoms with Crippen molar-refractivity contribution in [3.63, 3.8) is 0 Å². The van der Waals surface area contributed by atoms with Gasteiger partial charge in [-0.1, -0.05) is 25.4 Å². The van der Waals surface area contributed by atoms with E-state index in [2.05, 4.69) is 0 Å². The molecule has 0 saturated carbocycles. The fourth-order valence-electron chi connectivity index (χ4n) is 3.34. The highest BCUT2D eigenvalue weighted by molar-refractivity contribution is 6.32. The van der Waals surface area contributed by atoms with Gasteiger partial charge in [0.1, 0.15) is 6.29 Å². The number of anilines is 1. The molecule has 0 fully saturated rings. The average Bonchev–Trinajstić information content (AvgIpc) is 2.78. The van der Waals surface area contributed by atoms with Crippen molar-refractivity contribution >= 4 is 23.6 Å². The van der Waals surface area contributed by atoms with E-state index in [-0.39, 0.29) is 6.04 Å². The summed E-state index contributed by atoms with van der Waals surface area (Å²) in [4.78, 5) is 13.0. The van der Waals surface area contributed by atoms with Crippen LogP contribution in [0.3, 0.4) is 0 Å². The lowest BCUT2D eigenvalue weighted by atomic mass is 9.86. The molecular formula is C18H18ClF3N2O. The van der Waals surface area contributed by atoms with Crippen molar-refractivity contribution < 1.29 is 18.0 Å². The summed E-state index contributed by atoms with van der Waals surface area (Å²) in [5, 5.41) is 9.38. The lowest BCUT2D eigenvalue weighted by Crippen LogP contribution is -2.43. The van der Waals surface area contributed by atoms with Gasteiger partial charge in [-0.25, -0.2) is 0 Å². The predicted molar refractivity (Wildman–Crippen MR) is 90.3 cm³/mol. The maximum atomic E-state index is 13.2. The fourth-order valence-corrected chi connectivity index (χ4v) is 3.59. The van der Waals surface area contributed by atoms with Crippen LogP contribution >= 0.6 is 11.6 Å². The van der Waals surface area contributed by atoms with Crippen LogP contribution in [0, 0.1) is 16.7 Å². The summed E-state index contributed by atoms with van der Waals surface area (Å²) < 4.78 is 39.7. The summed E-state index contributed by atoms with van der Waals surface area (Å²) in [6.45, 7) is 6.00. The highest BCUT2D eigenvalue weighted by Gasteiger charge is 2.44. The molecule has 7 heteroatoms. The van der Waals surface area contributed by atoms with Gasteiger partial charge in [-0.2, -0.15) is 18.4 Å². The lowest BCUT2D eigenvalue weighted by molar-refractivity contribution is -0.137. The fraction of sp³-hybridized carbons (Fsp3) is 0.444. The summed E-state index contributed by atoms with van der Waals surface area (Å²) in [6.07, 6.45) is -3.54. The number of hydrogen-bond donors (Lipinski definition) is 0. The molecule has 0 amide bonds. The van der Waals surface area contributed by atoms with E-state index in [0.717, 1.165) is 6.07 Å². The number of benzene rings is 1. The number of hydrogen-bond acceptors (Lipinski definition) is 3. The second-order valence-electron chi connectivity index (χ2n) is 6.52. The van der Waals surface area contributed by atoms with Gasteiger partial charge in [0, 0.05) is 34.3 Å². The van der Waals surface area contributed by atoms with Gasteiger partial charge in [-0.15, -0.1) is 0 Å². The van der Waals surface area contributed by atoms with E-state index in [9.17, 15) is 18.0 Å². The Morgan fingerprint density at radius 1 is 1.44 bits per heavy atom. The van der Waals surface area contributed by atoms with E-state index >= 15 is 0 Å². The van der Waals surface area contributed by atoms with Crippen LogP contribution in [0.4, 0.5) is 18.9 Å². The smallest absolute Gasteiger partial charge is 0.368 e. The Morgan fingerprint density at radius 3 is 2.52 bits per heavy atom. The molecule has 0 aliphatic heterocycles. The zero-order valence-corrected chi connectivity index (χ0v) is 14.9. The van der Waals surface area contributed by atoms with E-state index in [1.165, 1.54) is 12.1 Å². The Balaban J connectivity index is 2.50. The van der Waals surface area contributed by atoms with Crippen LogP contribution in [-0.2, 0) is 11.0 Å². The van der Waals surface area contributed by atoms with Crippen LogP contribution in [0.15, 0.2) is 28.8 Å². The molecule has 1 unspecified atom stereocenters. The number of halogens is 4. The van der Waals surface area contributed by atoms with Crippen molar-refractivity contribution in [2.24, 2.45) is 5.41 Å². The SMILES string of the molecule is CCN(c1ccc(C#N)c(C(F)(F)F)c1)C1CC(C=O)=C(Cl)C1(C)C. The zero-order chi connectivity index (χ0) is 19.0. The molecule has 1 aliphatic rings. The Kier molecular flexibility index (Phi) is 5.19. The summed E-state index contributed by atoms with van der Waals surface area (Å²) in [5.41, 5.74) is -1.12. The van der Waals surface area contributed by atoms with Gasteiger partial charge in [0.25, 0.3) is 0 Å². The largest absolute Gasteiger partial charge is 0.417 e. The minimum atomic E-state index is -4.62. The highest BCUT2D eigenvalue weighted by atomic mass is 35.5. The Hall–Kier alpha value is -2.00. The number of rotatable bonds is 4. The molecule has 1 atom stereocenters. The quantitative estimate of drug-likeness (QED) is 0.708. The van der Waals surface area contributed by atoms with Gasteiger partial charge in [-0.05, 0) is 31.5 Å². The Labute approximate surface area is 149 Å². The first kappa shape index (κ1) is 19.3. The number of carbonyl (C=O) groups is 1. The van der Waals surface area contributed by atoms with Gasteiger partial charge >= 0.3 is 6.18 Å². The average molecular weight is 371 g/mol. The van der Waals surface area contributed by atoms with Crippen molar-refractivity contribution in [3.8, 4) is 6.07 Å². The van der Waals surface area contributed by atoms with E-state index in [4.69, 9.17) is 16.9 Å². The van der Waals surface area contributed by atoms with Crippen LogP contribution < -0.4 is 4.90 Å². The standard InChI is InChI=1S/C18H18ClF3N2O/c1-4-24(15-7-12(10-25)16(19)17(15,2)3)13-6-5-11(9-23)14(8-13)18(20,21)22/h5-6,8,10,15H,4,7H2,1-3H3. The molecule has 0 bridgehead atoms. The van der Waals surface area contributed by atoms with Gasteiger partial charge in [0.2, 0.25) is 0 Å². The van der Waals surface area contributed by atoms with E-state index in [1.54, 1.807) is 11.0 Å². The minimum Gasteiger partial charge on any atom is -0.368 e. The Morgan fingerprint density at radius 2 is 2.08 bits per heavy atom. The van der Waals surface area contributed by atoms with Gasteiger partial charge < -0.3 is 4.90 Å².